The predicted octanol–water partition coefficient (Wildman–Crippen LogP) is 1.78. The van der Waals surface area contributed by atoms with Gasteiger partial charge in [0.1, 0.15) is 11.5 Å². The number of aromatic nitrogens is 3. The Balaban J connectivity index is 1.47. The Kier molecular flexibility index (Phi) is 4.37. The monoisotopic (exact) mass is 365 g/mol. The minimum Gasteiger partial charge on any atom is -0.327 e. The molecule has 0 N–H and O–H groups in total. The molecule has 0 radical (unpaired) electrons. The highest BCUT2D eigenvalue weighted by Crippen LogP contribution is 2.18. The van der Waals surface area contributed by atoms with Gasteiger partial charge in [0.05, 0.1) is 18.4 Å². The fraction of sp³-hybridized carbons (Fsp3) is 0.158. The summed E-state index contributed by atoms with van der Waals surface area (Å²) in [7, 11) is 0. The number of benzene rings is 2. The SMILES string of the molecule is O=C1C(=O)N(c2ccccc2)CCN1Cc1cn(-c2cccc(F)c2)nn1. The number of carbonyl (C=O) groups excluding carboxylic acids is 2. The molecule has 1 aromatic heterocycles. The van der Waals surface area contributed by atoms with Crippen LogP contribution in [0.25, 0.3) is 5.69 Å². The molecule has 2 amide bonds. The first kappa shape index (κ1) is 16.9. The van der Waals surface area contributed by atoms with Crippen molar-refractivity contribution in [3.05, 3.63) is 72.3 Å². The Bertz CT molecular complexity index is 989. The van der Waals surface area contributed by atoms with Gasteiger partial charge in [-0.2, -0.15) is 0 Å². The molecule has 2 heterocycles. The Labute approximate surface area is 154 Å². The Hall–Kier alpha value is -3.55. The van der Waals surface area contributed by atoms with Gasteiger partial charge < -0.3 is 9.80 Å². The van der Waals surface area contributed by atoms with Crippen LogP contribution in [0, 0.1) is 5.82 Å². The molecule has 27 heavy (non-hydrogen) atoms. The molecule has 8 heteroatoms. The van der Waals surface area contributed by atoms with Crippen molar-refractivity contribution in [3.8, 4) is 5.69 Å². The average molecular weight is 365 g/mol. The molecule has 0 bridgehead atoms. The van der Waals surface area contributed by atoms with Gasteiger partial charge in [0.2, 0.25) is 0 Å². The topological polar surface area (TPSA) is 71.3 Å². The molecule has 1 aliphatic heterocycles. The zero-order valence-electron chi connectivity index (χ0n) is 14.3. The number of rotatable bonds is 4. The molecule has 1 aliphatic rings. The van der Waals surface area contributed by atoms with Crippen molar-refractivity contribution in [1.29, 1.82) is 0 Å². The van der Waals surface area contributed by atoms with E-state index in [1.165, 1.54) is 26.6 Å². The summed E-state index contributed by atoms with van der Waals surface area (Å²) in [4.78, 5) is 27.8. The highest BCUT2D eigenvalue weighted by Gasteiger charge is 2.33. The van der Waals surface area contributed by atoms with Crippen LogP contribution in [-0.4, -0.2) is 44.8 Å². The van der Waals surface area contributed by atoms with E-state index in [9.17, 15) is 14.0 Å². The predicted molar refractivity (Wildman–Crippen MR) is 95.5 cm³/mol. The first-order chi connectivity index (χ1) is 13.1. The van der Waals surface area contributed by atoms with Crippen LogP contribution in [0.15, 0.2) is 60.8 Å². The molecule has 0 atom stereocenters. The van der Waals surface area contributed by atoms with Crippen molar-refractivity contribution in [2.24, 2.45) is 0 Å². The van der Waals surface area contributed by atoms with Gasteiger partial charge in [-0.3, -0.25) is 9.59 Å². The maximum atomic E-state index is 13.3. The largest absolute Gasteiger partial charge is 0.327 e. The van der Waals surface area contributed by atoms with Crippen molar-refractivity contribution in [2.45, 2.75) is 6.54 Å². The summed E-state index contributed by atoms with van der Waals surface area (Å²) in [6.07, 6.45) is 1.62. The number of halogens is 1. The van der Waals surface area contributed by atoms with E-state index in [1.807, 2.05) is 18.2 Å². The van der Waals surface area contributed by atoms with Gasteiger partial charge in [-0.15, -0.1) is 5.10 Å². The third-order valence-corrected chi connectivity index (χ3v) is 4.34. The fourth-order valence-corrected chi connectivity index (χ4v) is 2.99. The lowest BCUT2D eigenvalue weighted by Gasteiger charge is -2.33. The molecule has 4 rings (SSSR count). The highest BCUT2D eigenvalue weighted by atomic mass is 19.1. The third-order valence-electron chi connectivity index (χ3n) is 4.34. The smallest absolute Gasteiger partial charge is 0.316 e. The van der Waals surface area contributed by atoms with Crippen LogP contribution in [0.4, 0.5) is 10.1 Å². The molecule has 0 spiro atoms. The van der Waals surface area contributed by atoms with Crippen molar-refractivity contribution in [3.63, 3.8) is 0 Å². The third kappa shape index (κ3) is 3.41. The standard InChI is InChI=1S/C19H16FN5O2/c20-14-5-4-8-17(11-14)25-13-15(21-22-25)12-23-9-10-24(19(27)18(23)26)16-6-2-1-3-7-16/h1-8,11,13H,9-10,12H2. The number of anilines is 1. The second-order valence-electron chi connectivity index (χ2n) is 6.15. The number of amides is 2. The summed E-state index contributed by atoms with van der Waals surface area (Å²) in [5.41, 5.74) is 1.76. The molecule has 1 fully saturated rings. The number of hydrogen-bond donors (Lipinski definition) is 0. The van der Waals surface area contributed by atoms with Gasteiger partial charge in [-0.25, -0.2) is 9.07 Å². The minimum atomic E-state index is -0.578. The summed E-state index contributed by atoms with van der Waals surface area (Å²) < 4.78 is 14.8. The Morgan fingerprint density at radius 1 is 0.926 bits per heavy atom. The lowest BCUT2D eigenvalue weighted by molar-refractivity contribution is -0.146. The summed E-state index contributed by atoms with van der Waals surface area (Å²) >= 11 is 0. The van der Waals surface area contributed by atoms with Crippen molar-refractivity contribution < 1.29 is 14.0 Å². The molecular weight excluding hydrogens is 349 g/mol. The van der Waals surface area contributed by atoms with E-state index in [0.29, 0.717) is 30.2 Å². The zero-order chi connectivity index (χ0) is 18.8. The number of piperazine rings is 1. The van der Waals surface area contributed by atoms with Gasteiger partial charge in [0, 0.05) is 18.8 Å². The van der Waals surface area contributed by atoms with Crippen molar-refractivity contribution in [1.82, 2.24) is 19.9 Å². The fourth-order valence-electron chi connectivity index (χ4n) is 2.99. The van der Waals surface area contributed by atoms with E-state index in [-0.39, 0.29) is 12.4 Å². The van der Waals surface area contributed by atoms with Crippen molar-refractivity contribution >= 4 is 17.5 Å². The van der Waals surface area contributed by atoms with E-state index >= 15 is 0 Å². The lowest BCUT2D eigenvalue weighted by Crippen LogP contribution is -2.54. The van der Waals surface area contributed by atoms with Crippen LogP contribution in [0.3, 0.4) is 0 Å². The quantitative estimate of drug-likeness (QED) is 0.661. The van der Waals surface area contributed by atoms with Crippen LogP contribution in [0.1, 0.15) is 5.69 Å². The normalized spacial score (nSPS) is 14.7. The van der Waals surface area contributed by atoms with E-state index in [0.717, 1.165) is 0 Å². The van der Waals surface area contributed by atoms with Crippen LogP contribution in [0.5, 0.6) is 0 Å². The first-order valence-corrected chi connectivity index (χ1v) is 8.45. The number of hydrogen-bond acceptors (Lipinski definition) is 4. The highest BCUT2D eigenvalue weighted by molar-refractivity contribution is 6.40. The molecule has 3 aromatic rings. The lowest BCUT2D eigenvalue weighted by atomic mass is 10.2. The van der Waals surface area contributed by atoms with E-state index in [4.69, 9.17) is 0 Å². The van der Waals surface area contributed by atoms with Gasteiger partial charge in [0.25, 0.3) is 0 Å². The number of nitrogens with zero attached hydrogens (tertiary/aromatic N) is 5. The first-order valence-electron chi connectivity index (χ1n) is 8.45. The van der Waals surface area contributed by atoms with Gasteiger partial charge in [-0.05, 0) is 30.3 Å². The number of carbonyl (C=O) groups is 2. The molecule has 0 saturated carbocycles. The van der Waals surface area contributed by atoms with Crippen LogP contribution >= 0.6 is 0 Å². The molecule has 1 saturated heterocycles. The summed E-state index contributed by atoms with van der Waals surface area (Å²) in [6.45, 7) is 0.974. The summed E-state index contributed by atoms with van der Waals surface area (Å²) in [5, 5.41) is 7.99. The zero-order valence-corrected chi connectivity index (χ0v) is 14.3. The van der Waals surface area contributed by atoms with Crippen LogP contribution in [-0.2, 0) is 16.1 Å². The van der Waals surface area contributed by atoms with Crippen molar-refractivity contribution in [2.75, 3.05) is 18.0 Å². The maximum absolute atomic E-state index is 13.3. The molecular formula is C19H16FN5O2. The van der Waals surface area contributed by atoms with E-state index < -0.39 is 11.8 Å². The molecule has 0 aliphatic carbocycles. The van der Waals surface area contributed by atoms with Gasteiger partial charge in [0.15, 0.2) is 0 Å². The number of para-hydroxylation sites is 1. The van der Waals surface area contributed by atoms with E-state index in [1.54, 1.807) is 30.5 Å². The Morgan fingerprint density at radius 2 is 1.70 bits per heavy atom. The maximum Gasteiger partial charge on any atom is 0.316 e. The second kappa shape index (κ2) is 6.99. The molecule has 2 aromatic carbocycles. The van der Waals surface area contributed by atoms with Gasteiger partial charge in [-0.1, -0.05) is 29.5 Å². The van der Waals surface area contributed by atoms with Gasteiger partial charge >= 0.3 is 11.8 Å². The summed E-state index contributed by atoms with van der Waals surface area (Å²) in [5.74, 6) is -1.52. The average Bonchev–Trinajstić information content (AvgIpc) is 3.15. The Morgan fingerprint density at radius 3 is 2.48 bits per heavy atom. The van der Waals surface area contributed by atoms with Crippen LogP contribution < -0.4 is 4.90 Å². The summed E-state index contributed by atoms with van der Waals surface area (Å²) in [6, 6.07) is 15.1. The van der Waals surface area contributed by atoms with Crippen LogP contribution in [0.2, 0.25) is 0 Å². The molecule has 136 valence electrons. The van der Waals surface area contributed by atoms with E-state index in [2.05, 4.69) is 10.3 Å². The second-order valence-corrected chi connectivity index (χ2v) is 6.15. The molecule has 7 nitrogen and oxygen atoms in total. The molecule has 0 unspecified atom stereocenters. The minimum absolute atomic E-state index is 0.169.